The van der Waals surface area contributed by atoms with Crippen LogP contribution in [-0.2, 0) is 32.5 Å². The van der Waals surface area contributed by atoms with Crippen LogP contribution in [0.5, 0.6) is 0 Å². The van der Waals surface area contributed by atoms with Crippen LogP contribution < -0.4 is 0 Å². The van der Waals surface area contributed by atoms with Crippen molar-refractivity contribution in [3.05, 3.63) is 68.8 Å². The Morgan fingerprint density at radius 2 is 0.571 bits per heavy atom. The molecule has 0 aliphatic carbocycles. The van der Waals surface area contributed by atoms with Crippen LogP contribution in [0.4, 0.5) is 0 Å². The van der Waals surface area contributed by atoms with E-state index >= 15 is 0 Å². The third-order valence-corrected chi connectivity index (χ3v) is 16.0. The average Bonchev–Trinajstić information content (AvgIpc) is 2.74. The van der Waals surface area contributed by atoms with Gasteiger partial charge in [0.25, 0.3) is 0 Å². The topological polar surface area (TPSA) is 0 Å². The molecular weight excluding hydrogens is 542 g/mol. The van der Waals surface area contributed by atoms with E-state index in [-0.39, 0.29) is 32.5 Å². The molecule has 0 saturated carbocycles. The van der Waals surface area contributed by atoms with Crippen LogP contribution in [0, 0.1) is 0 Å². The van der Waals surface area contributed by atoms with Gasteiger partial charge in [-0.2, -0.15) is 0 Å². The van der Waals surface area contributed by atoms with Gasteiger partial charge in [-0.25, -0.2) is 0 Å². The largest absolute Gasteiger partial charge is 0.110 e. The molecule has 2 aromatic rings. The first-order valence-electron chi connectivity index (χ1n) is 16.1. The van der Waals surface area contributed by atoms with Crippen LogP contribution in [0.2, 0.25) is 0 Å². The highest BCUT2D eigenvalue weighted by atomic mass is 31.2. The molecule has 0 nitrogen and oxygen atoms in total. The Labute approximate surface area is 263 Å². The molecule has 0 spiro atoms. The molecule has 0 fully saturated rings. The standard InChI is InChI=1S/C40H64P2/c1-35(2,3)25-21-27(37(7,8)9)31(28(22-25)38(10,11)12)33-41(19)34(42(33)20)32-29(39(13,14)15)23-26(36(4,5)6)24-30(32)40(16,17)18/h21-24H,1-20H3. The Balaban J connectivity index is 2.62. The van der Waals surface area contributed by atoms with Crippen molar-refractivity contribution in [1.29, 1.82) is 0 Å². The van der Waals surface area contributed by atoms with Gasteiger partial charge < -0.3 is 0 Å². The Morgan fingerprint density at radius 1 is 0.357 bits per heavy atom. The summed E-state index contributed by atoms with van der Waals surface area (Å²) >= 11 is 0. The van der Waals surface area contributed by atoms with E-state index in [0.717, 1.165) is 0 Å². The van der Waals surface area contributed by atoms with E-state index in [9.17, 15) is 0 Å². The molecule has 0 unspecified atom stereocenters. The molecule has 1 aliphatic rings. The molecular formula is C40H64P2. The van der Waals surface area contributed by atoms with Crippen molar-refractivity contribution in [2.45, 2.75) is 157 Å². The first kappa shape index (κ1) is 35.4. The molecule has 2 heteroatoms. The van der Waals surface area contributed by atoms with Crippen LogP contribution in [0.1, 0.15) is 169 Å². The summed E-state index contributed by atoms with van der Waals surface area (Å²) in [6.07, 6.45) is 0. The lowest BCUT2D eigenvalue weighted by Gasteiger charge is -2.42. The lowest BCUT2D eigenvalue weighted by Crippen LogP contribution is -2.30. The van der Waals surface area contributed by atoms with Crippen LogP contribution in [0.3, 0.4) is 0 Å². The smallest absolute Gasteiger partial charge is 0.00795 e. The van der Waals surface area contributed by atoms with Crippen molar-refractivity contribution >= 4 is 25.2 Å². The first-order chi connectivity index (χ1) is 18.5. The Morgan fingerprint density at radius 3 is 0.714 bits per heavy atom. The number of hydrogen-bond acceptors (Lipinski definition) is 0. The monoisotopic (exact) mass is 606 g/mol. The van der Waals surface area contributed by atoms with Gasteiger partial charge in [0.2, 0.25) is 0 Å². The second-order valence-electron chi connectivity index (χ2n) is 19.2. The number of hydrogen-bond donors (Lipinski definition) is 0. The Kier molecular flexibility index (Phi) is 9.07. The van der Waals surface area contributed by atoms with E-state index in [4.69, 9.17) is 0 Å². The zero-order valence-corrected chi connectivity index (χ0v) is 33.0. The molecule has 0 amide bonds. The van der Waals surface area contributed by atoms with Crippen molar-refractivity contribution in [2.75, 3.05) is 13.3 Å². The van der Waals surface area contributed by atoms with E-state index in [2.05, 4.69) is 162 Å². The summed E-state index contributed by atoms with van der Waals surface area (Å²) in [6.45, 7) is 48.4. The van der Waals surface area contributed by atoms with Gasteiger partial charge in [0.15, 0.2) is 0 Å². The lowest BCUT2D eigenvalue weighted by molar-refractivity contribution is 0.546. The predicted molar refractivity (Wildman–Crippen MR) is 199 cm³/mol. The quantitative estimate of drug-likeness (QED) is 0.298. The molecule has 0 bridgehead atoms. The lowest BCUT2D eigenvalue weighted by atomic mass is 9.72. The van der Waals surface area contributed by atoms with E-state index in [0.29, 0.717) is 0 Å². The predicted octanol–water partition coefficient (Wildman–Crippen LogP) is 12.4. The minimum absolute atomic E-state index is 0.0766. The maximum Gasteiger partial charge on any atom is 0.00795 e. The fourth-order valence-corrected chi connectivity index (χ4v) is 13.1. The molecule has 0 radical (unpaired) electrons. The minimum Gasteiger partial charge on any atom is -0.110 e. The van der Waals surface area contributed by atoms with E-state index < -0.39 is 15.1 Å². The van der Waals surface area contributed by atoms with Gasteiger partial charge in [0.05, 0.1) is 0 Å². The molecule has 3 rings (SSSR count). The summed E-state index contributed by atoms with van der Waals surface area (Å²) in [4.78, 5) is 0. The second kappa shape index (κ2) is 10.8. The summed E-state index contributed by atoms with van der Waals surface area (Å²) in [5.74, 6) is 0. The van der Waals surface area contributed by atoms with Crippen molar-refractivity contribution in [2.24, 2.45) is 0 Å². The van der Waals surface area contributed by atoms with Gasteiger partial charge in [-0.3, -0.25) is 0 Å². The van der Waals surface area contributed by atoms with Crippen molar-refractivity contribution in [3.8, 4) is 0 Å². The Hall–Kier alpha value is -1.09. The maximum atomic E-state index is 2.58. The maximum absolute atomic E-state index is 2.58. The third-order valence-electron chi connectivity index (χ3n) is 8.96. The molecule has 234 valence electrons. The molecule has 1 aliphatic heterocycles. The zero-order chi connectivity index (χ0) is 32.8. The van der Waals surface area contributed by atoms with Gasteiger partial charge >= 0.3 is 0 Å². The average molecular weight is 607 g/mol. The summed E-state index contributed by atoms with van der Waals surface area (Å²) in [5.41, 5.74) is 12.9. The van der Waals surface area contributed by atoms with Gasteiger partial charge in [0, 0.05) is 10.1 Å². The summed E-state index contributed by atoms with van der Waals surface area (Å²) in [6, 6.07) is 10.3. The molecule has 0 atom stereocenters. The van der Waals surface area contributed by atoms with Gasteiger partial charge in [-0.15, -0.1) is 7.17 Å². The van der Waals surface area contributed by atoms with Crippen molar-refractivity contribution in [3.63, 3.8) is 0 Å². The molecule has 0 aromatic heterocycles. The SMILES string of the molecule is CP1C(c2c(C(C)(C)C)cc(C(C)(C)C)cc2C(C)(C)C)=P(C)=C1c1c(C(C)(C)C)cc(C(C)(C)C)cc1C(C)(C)C. The fourth-order valence-electron chi connectivity index (χ4n) is 6.27. The number of benzene rings is 2. The highest BCUT2D eigenvalue weighted by Gasteiger charge is 2.39. The summed E-state index contributed by atoms with van der Waals surface area (Å²) < 4.78 is 0. The molecule has 0 saturated heterocycles. The molecule has 42 heavy (non-hydrogen) atoms. The van der Waals surface area contributed by atoms with Gasteiger partial charge in [-0.1, -0.05) is 149 Å². The third kappa shape index (κ3) is 6.77. The van der Waals surface area contributed by atoms with E-state index in [1.165, 1.54) is 11.1 Å². The molecule has 0 N–H and O–H groups in total. The minimum atomic E-state index is -0.403. The second-order valence-corrected chi connectivity index (χ2v) is 23.9. The Bertz CT molecular complexity index is 1280. The van der Waals surface area contributed by atoms with Crippen molar-refractivity contribution < 1.29 is 0 Å². The zero-order valence-electron chi connectivity index (χ0n) is 31.2. The van der Waals surface area contributed by atoms with E-state index in [1.54, 1.807) is 43.4 Å². The fraction of sp³-hybridized carbons (Fsp3) is 0.650. The normalized spacial score (nSPS) is 18.5. The molecule has 2 aromatic carbocycles. The van der Waals surface area contributed by atoms with Crippen LogP contribution in [-0.4, -0.2) is 23.4 Å². The van der Waals surface area contributed by atoms with Crippen LogP contribution in [0.25, 0.3) is 0 Å². The van der Waals surface area contributed by atoms with Crippen LogP contribution in [0.15, 0.2) is 24.3 Å². The van der Waals surface area contributed by atoms with Gasteiger partial charge in [0.1, 0.15) is 0 Å². The molecule has 1 heterocycles. The first-order valence-corrected chi connectivity index (χ1v) is 19.7. The highest BCUT2D eigenvalue weighted by Crippen LogP contribution is 2.61. The number of rotatable bonds is 2. The van der Waals surface area contributed by atoms with Gasteiger partial charge in [-0.05, 0) is 98.2 Å². The van der Waals surface area contributed by atoms with Crippen molar-refractivity contribution in [1.82, 2.24) is 0 Å². The highest BCUT2D eigenvalue weighted by molar-refractivity contribution is 8.14. The summed E-state index contributed by atoms with van der Waals surface area (Å²) in [7, 11) is -0.807. The van der Waals surface area contributed by atoms with Crippen LogP contribution >= 0.6 is 15.1 Å². The summed E-state index contributed by atoms with van der Waals surface area (Å²) in [5, 5.41) is 3.54. The van der Waals surface area contributed by atoms with E-state index in [1.807, 2.05) is 0 Å².